The SMILES string of the molecule is Cc1nn(CCO)c(C)c1CNC1CC=CC1. The molecule has 1 aliphatic rings. The molecule has 2 N–H and O–H groups in total. The zero-order chi connectivity index (χ0) is 12.3. The second kappa shape index (κ2) is 5.47. The molecule has 1 aromatic heterocycles. The van der Waals surface area contributed by atoms with Crippen LogP contribution in [0.3, 0.4) is 0 Å². The molecule has 0 fully saturated rings. The van der Waals surface area contributed by atoms with Crippen molar-refractivity contribution in [3.8, 4) is 0 Å². The van der Waals surface area contributed by atoms with Crippen LogP contribution in [0.1, 0.15) is 29.8 Å². The van der Waals surface area contributed by atoms with Crippen LogP contribution in [0.5, 0.6) is 0 Å². The van der Waals surface area contributed by atoms with Crippen LogP contribution in [-0.2, 0) is 13.1 Å². The van der Waals surface area contributed by atoms with Gasteiger partial charge in [-0.2, -0.15) is 5.10 Å². The highest BCUT2D eigenvalue weighted by Crippen LogP contribution is 2.15. The zero-order valence-corrected chi connectivity index (χ0v) is 10.6. The predicted molar refractivity (Wildman–Crippen MR) is 67.8 cm³/mol. The van der Waals surface area contributed by atoms with E-state index in [1.165, 1.54) is 5.56 Å². The highest BCUT2D eigenvalue weighted by molar-refractivity contribution is 5.24. The van der Waals surface area contributed by atoms with E-state index in [1.807, 2.05) is 11.6 Å². The first kappa shape index (κ1) is 12.3. The lowest BCUT2D eigenvalue weighted by atomic mass is 10.1. The molecule has 0 unspecified atom stereocenters. The Labute approximate surface area is 102 Å². The van der Waals surface area contributed by atoms with Gasteiger partial charge in [-0.3, -0.25) is 4.68 Å². The highest BCUT2D eigenvalue weighted by Gasteiger charge is 2.14. The van der Waals surface area contributed by atoms with Crippen molar-refractivity contribution in [2.45, 2.75) is 45.8 Å². The zero-order valence-electron chi connectivity index (χ0n) is 10.6. The van der Waals surface area contributed by atoms with E-state index in [4.69, 9.17) is 5.11 Å². The van der Waals surface area contributed by atoms with Crippen LogP contribution in [0, 0.1) is 13.8 Å². The molecule has 0 saturated heterocycles. The molecule has 0 amide bonds. The van der Waals surface area contributed by atoms with E-state index in [0.717, 1.165) is 30.8 Å². The van der Waals surface area contributed by atoms with Crippen molar-refractivity contribution in [2.75, 3.05) is 6.61 Å². The lowest BCUT2D eigenvalue weighted by molar-refractivity contribution is 0.267. The Morgan fingerprint density at radius 2 is 2.12 bits per heavy atom. The van der Waals surface area contributed by atoms with E-state index in [0.29, 0.717) is 12.6 Å². The smallest absolute Gasteiger partial charge is 0.0644 e. The van der Waals surface area contributed by atoms with Crippen molar-refractivity contribution in [1.82, 2.24) is 15.1 Å². The minimum absolute atomic E-state index is 0.140. The molecule has 17 heavy (non-hydrogen) atoms. The second-order valence-corrected chi connectivity index (χ2v) is 4.62. The number of nitrogens with zero attached hydrogens (tertiary/aromatic N) is 2. The lowest BCUT2D eigenvalue weighted by Gasteiger charge is -2.12. The van der Waals surface area contributed by atoms with Crippen molar-refractivity contribution >= 4 is 0 Å². The van der Waals surface area contributed by atoms with Gasteiger partial charge in [-0.25, -0.2) is 0 Å². The fourth-order valence-electron chi connectivity index (χ4n) is 2.33. The van der Waals surface area contributed by atoms with Gasteiger partial charge < -0.3 is 10.4 Å². The molecule has 1 aliphatic carbocycles. The Balaban J connectivity index is 1.99. The van der Waals surface area contributed by atoms with E-state index in [9.17, 15) is 0 Å². The fourth-order valence-corrected chi connectivity index (χ4v) is 2.33. The maximum Gasteiger partial charge on any atom is 0.0644 e. The third-order valence-corrected chi connectivity index (χ3v) is 3.42. The molecule has 0 radical (unpaired) electrons. The molecule has 1 aromatic rings. The maximum atomic E-state index is 8.96. The Kier molecular flexibility index (Phi) is 3.97. The summed E-state index contributed by atoms with van der Waals surface area (Å²) in [6, 6.07) is 0.579. The van der Waals surface area contributed by atoms with Crippen LogP contribution >= 0.6 is 0 Å². The summed E-state index contributed by atoms with van der Waals surface area (Å²) in [5.41, 5.74) is 3.50. The normalized spacial score (nSPS) is 15.9. The van der Waals surface area contributed by atoms with Crippen LogP contribution in [0.25, 0.3) is 0 Å². The van der Waals surface area contributed by atoms with Gasteiger partial charge in [0.2, 0.25) is 0 Å². The molecule has 0 saturated carbocycles. The first-order chi connectivity index (χ1) is 8.22. The molecule has 0 spiro atoms. The molecule has 2 rings (SSSR count). The molecule has 94 valence electrons. The number of nitrogens with one attached hydrogen (secondary N) is 1. The van der Waals surface area contributed by atoms with E-state index in [-0.39, 0.29) is 6.61 Å². The Bertz CT molecular complexity index is 401. The van der Waals surface area contributed by atoms with Gasteiger partial charge in [0.05, 0.1) is 18.8 Å². The topological polar surface area (TPSA) is 50.1 Å². The predicted octanol–water partition coefficient (Wildman–Crippen LogP) is 1.30. The molecular formula is C13H21N3O. The van der Waals surface area contributed by atoms with Crippen LogP contribution in [0.2, 0.25) is 0 Å². The summed E-state index contributed by atoms with van der Waals surface area (Å²) in [6.07, 6.45) is 6.71. The number of hydrogen-bond donors (Lipinski definition) is 2. The van der Waals surface area contributed by atoms with Crippen molar-refractivity contribution in [3.05, 3.63) is 29.1 Å². The number of aliphatic hydroxyl groups excluding tert-OH is 1. The number of aromatic nitrogens is 2. The summed E-state index contributed by atoms with van der Waals surface area (Å²) >= 11 is 0. The minimum atomic E-state index is 0.140. The maximum absolute atomic E-state index is 8.96. The van der Waals surface area contributed by atoms with Crippen LogP contribution in [0.15, 0.2) is 12.2 Å². The molecular weight excluding hydrogens is 214 g/mol. The molecule has 4 heteroatoms. The number of rotatable bonds is 5. The third kappa shape index (κ3) is 2.76. The molecule has 4 nitrogen and oxygen atoms in total. The minimum Gasteiger partial charge on any atom is -0.394 e. The van der Waals surface area contributed by atoms with Crippen molar-refractivity contribution in [2.24, 2.45) is 0 Å². The van der Waals surface area contributed by atoms with Crippen LogP contribution in [-0.4, -0.2) is 27.5 Å². The quantitative estimate of drug-likeness (QED) is 0.756. The largest absolute Gasteiger partial charge is 0.394 e. The molecule has 0 aromatic carbocycles. The van der Waals surface area contributed by atoms with Crippen molar-refractivity contribution in [3.63, 3.8) is 0 Å². The molecule has 0 bridgehead atoms. The highest BCUT2D eigenvalue weighted by atomic mass is 16.3. The van der Waals surface area contributed by atoms with E-state index < -0.39 is 0 Å². The fraction of sp³-hybridized carbons (Fsp3) is 0.615. The Morgan fingerprint density at radius 1 is 1.41 bits per heavy atom. The van der Waals surface area contributed by atoms with Crippen LogP contribution in [0.4, 0.5) is 0 Å². The Morgan fingerprint density at radius 3 is 2.76 bits per heavy atom. The van der Waals surface area contributed by atoms with Gasteiger partial charge in [0.1, 0.15) is 0 Å². The van der Waals surface area contributed by atoms with E-state index in [2.05, 4.69) is 29.5 Å². The standard InChI is InChI=1S/C13H21N3O/c1-10-13(9-14-12-5-3-4-6-12)11(2)16(15-10)7-8-17/h3-4,12,14,17H,5-9H2,1-2H3. The van der Waals surface area contributed by atoms with Gasteiger partial charge in [0.25, 0.3) is 0 Å². The lowest BCUT2D eigenvalue weighted by Crippen LogP contribution is -2.26. The summed E-state index contributed by atoms with van der Waals surface area (Å²) in [4.78, 5) is 0. The molecule has 0 aliphatic heterocycles. The van der Waals surface area contributed by atoms with Crippen molar-refractivity contribution in [1.29, 1.82) is 0 Å². The van der Waals surface area contributed by atoms with Crippen molar-refractivity contribution < 1.29 is 5.11 Å². The van der Waals surface area contributed by atoms with Gasteiger partial charge >= 0.3 is 0 Å². The number of aliphatic hydroxyl groups is 1. The number of hydrogen-bond acceptors (Lipinski definition) is 3. The summed E-state index contributed by atoms with van der Waals surface area (Å²) < 4.78 is 1.89. The Hall–Kier alpha value is -1.13. The first-order valence-corrected chi connectivity index (χ1v) is 6.24. The van der Waals surface area contributed by atoms with Gasteiger partial charge in [-0.1, -0.05) is 12.2 Å². The molecule has 0 atom stereocenters. The average molecular weight is 235 g/mol. The van der Waals surface area contributed by atoms with Gasteiger partial charge in [0.15, 0.2) is 0 Å². The van der Waals surface area contributed by atoms with E-state index in [1.54, 1.807) is 0 Å². The second-order valence-electron chi connectivity index (χ2n) is 4.62. The first-order valence-electron chi connectivity index (χ1n) is 6.24. The summed E-state index contributed by atoms with van der Waals surface area (Å²) in [5.74, 6) is 0. The van der Waals surface area contributed by atoms with Crippen LogP contribution < -0.4 is 5.32 Å². The van der Waals surface area contributed by atoms with Gasteiger partial charge in [-0.05, 0) is 26.7 Å². The summed E-state index contributed by atoms with van der Waals surface area (Å²) in [6.45, 7) is 5.69. The third-order valence-electron chi connectivity index (χ3n) is 3.42. The monoisotopic (exact) mass is 235 g/mol. The molecule has 1 heterocycles. The van der Waals surface area contributed by atoms with Gasteiger partial charge in [-0.15, -0.1) is 0 Å². The summed E-state index contributed by atoms with van der Waals surface area (Å²) in [7, 11) is 0. The van der Waals surface area contributed by atoms with E-state index >= 15 is 0 Å². The number of aryl methyl sites for hydroxylation is 1. The van der Waals surface area contributed by atoms with Gasteiger partial charge in [0, 0.05) is 23.8 Å². The summed E-state index contributed by atoms with van der Waals surface area (Å²) in [5, 5.41) is 17.0. The average Bonchev–Trinajstić information content (AvgIpc) is 2.88.